The SMILES string of the molecule is Cc1cnc(NC(=O)N2C3CC(C)CC2C3)cc1-c1ccccn1. The maximum absolute atomic E-state index is 12.6. The quantitative estimate of drug-likeness (QED) is 0.913. The van der Waals surface area contributed by atoms with E-state index >= 15 is 0 Å². The first-order chi connectivity index (χ1) is 11.6. The van der Waals surface area contributed by atoms with Gasteiger partial charge in [-0.05, 0) is 55.9 Å². The molecule has 2 unspecified atom stereocenters. The van der Waals surface area contributed by atoms with Crippen molar-refractivity contribution in [1.29, 1.82) is 0 Å². The van der Waals surface area contributed by atoms with E-state index in [1.807, 2.05) is 36.1 Å². The van der Waals surface area contributed by atoms with E-state index in [-0.39, 0.29) is 6.03 Å². The molecule has 24 heavy (non-hydrogen) atoms. The summed E-state index contributed by atoms with van der Waals surface area (Å²) in [6.07, 6.45) is 6.95. The Morgan fingerprint density at radius 1 is 1.21 bits per heavy atom. The van der Waals surface area contributed by atoms with Gasteiger partial charge in [0, 0.05) is 30.0 Å². The van der Waals surface area contributed by atoms with Crippen LogP contribution in [-0.2, 0) is 0 Å². The fourth-order valence-electron chi connectivity index (χ4n) is 4.04. The lowest BCUT2D eigenvalue weighted by Crippen LogP contribution is -2.63. The highest BCUT2D eigenvalue weighted by Crippen LogP contribution is 2.41. The van der Waals surface area contributed by atoms with Crippen molar-refractivity contribution >= 4 is 11.8 Å². The Morgan fingerprint density at radius 2 is 2.00 bits per heavy atom. The van der Waals surface area contributed by atoms with Crippen LogP contribution in [0.3, 0.4) is 0 Å². The number of hydrogen-bond acceptors (Lipinski definition) is 3. The van der Waals surface area contributed by atoms with Gasteiger partial charge in [-0.1, -0.05) is 13.0 Å². The predicted molar refractivity (Wildman–Crippen MR) is 93.7 cm³/mol. The number of carbonyl (C=O) groups excluding carboxylic acids is 1. The van der Waals surface area contributed by atoms with Gasteiger partial charge in [-0.2, -0.15) is 0 Å². The van der Waals surface area contributed by atoms with Crippen molar-refractivity contribution in [2.24, 2.45) is 5.92 Å². The minimum absolute atomic E-state index is 0.0218. The zero-order valence-corrected chi connectivity index (χ0v) is 14.1. The van der Waals surface area contributed by atoms with Crippen molar-refractivity contribution in [3.05, 3.63) is 42.2 Å². The molecule has 4 heterocycles. The van der Waals surface area contributed by atoms with E-state index in [0.717, 1.165) is 42.0 Å². The number of urea groups is 1. The third-order valence-electron chi connectivity index (χ3n) is 5.19. The minimum atomic E-state index is -0.0218. The average Bonchev–Trinajstić information content (AvgIpc) is 2.57. The molecule has 4 rings (SSSR count). The highest BCUT2D eigenvalue weighted by atomic mass is 16.2. The molecule has 0 saturated carbocycles. The van der Waals surface area contributed by atoms with Gasteiger partial charge in [-0.15, -0.1) is 0 Å². The summed E-state index contributed by atoms with van der Waals surface area (Å²) in [4.78, 5) is 23.4. The summed E-state index contributed by atoms with van der Waals surface area (Å²) in [5.41, 5.74) is 2.93. The molecule has 2 aromatic heterocycles. The summed E-state index contributed by atoms with van der Waals surface area (Å²) < 4.78 is 0. The molecule has 2 aliphatic rings. The second kappa shape index (κ2) is 5.89. The minimum Gasteiger partial charge on any atom is -0.318 e. The van der Waals surface area contributed by atoms with E-state index in [1.54, 1.807) is 12.4 Å². The van der Waals surface area contributed by atoms with Crippen molar-refractivity contribution in [3.8, 4) is 11.3 Å². The fourth-order valence-corrected chi connectivity index (χ4v) is 4.04. The lowest BCUT2D eigenvalue weighted by atomic mass is 9.74. The van der Waals surface area contributed by atoms with Crippen LogP contribution in [-0.4, -0.2) is 33.0 Å². The number of pyridine rings is 2. The number of carbonyl (C=O) groups is 1. The summed E-state index contributed by atoms with van der Waals surface area (Å²) in [6, 6.07) is 8.52. The number of anilines is 1. The van der Waals surface area contributed by atoms with Gasteiger partial charge >= 0.3 is 6.03 Å². The van der Waals surface area contributed by atoms with E-state index in [1.165, 1.54) is 0 Å². The van der Waals surface area contributed by atoms with Gasteiger partial charge in [0.1, 0.15) is 5.82 Å². The van der Waals surface area contributed by atoms with Crippen LogP contribution in [0.25, 0.3) is 11.3 Å². The van der Waals surface area contributed by atoms with Crippen molar-refractivity contribution in [2.45, 2.75) is 45.2 Å². The van der Waals surface area contributed by atoms with Crippen LogP contribution in [0.2, 0.25) is 0 Å². The van der Waals surface area contributed by atoms with Gasteiger partial charge in [-0.3, -0.25) is 10.3 Å². The molecule has 2 fully saturated rings. The number of amides is 2. The number of hydrogen-bond donors (Lipinski definition) is 1. The summed E-state index contributed by atoms with van der Waals surface area (Å²) in [5.74, 6) is 1.32. The Kier molecular flexibility index (Phi) is 3.71. The molecule has 2 saturated heterocycles. The Hall–Kier alpha value is -2.43. The highest BCUT2D eigenvalue weighted by Gasteiger charge is 2.46. The van der Waals surface area contributed by atoms with Crippen molar-refractivity contribution < 1.29 is 4.79 Å². The molecule has 0 aromatic carbocycles. The van der Waals surface area contributed by atoms with Gasteiger partial charge in [0.05, 0.1) is 5.69 Å². The predicted octanol–water partition coefficient (Wildman–Crippen LogP) is 3.86. The molecule has 2 bridgehead atoms. The van der Waals surface area contributed by atoms with Crippen LogP contribution >= 0.6 is 0 Å². The first kappa shape index (κ1) is 15.1. The lowest BCUT2D eigenvalue weighted by Gasteiger charge is -2.54. The molecule has 0 aliphatic carbocycles. The van der Waals surface area contributed by atoms with Crippen molar-refractivity contribution in [2.75, 3.05) is 5.32 Å². The van der Waals surface area contributed by atoms with Gasteiger partial charge in [0.2, 0.25) is 0 Å². The highest BCUT2D eigenvalue weighted by molar-refractivity contribution is 5.90. The molecule has 124 valence electrons. The molecule has 0 radical (unpaired) electrons. The first-order valence-corrected chi connectivity index (χ1v) is 8.59. The number of rotatable bonds is 2. The van der Waals surface area contributed by atoms with E-state index in [2.05, 4.69) is 22.2 Å². The third-order valence-corrected chi connectivity index (χ3v) is 5.19. The van der Waals surface area contributed by atoms with Crippen LogP contribution in [0, 0.1) is 12.8 Å². The summed E-state index contributed by atoms with van der Waals surface area (Å²) >= 11 is 0. The normalized spacial score (nSPS) is 25.1. The number of nitrogens with one attached hydrogen (secondary N) is 1. The van der Waals surface area contributed by atoms with Crippen LogP contribution in [0.1, 0.15) is 31.7 Å². The molecular weight excluding hydrogens is 300 g/mol. The topological polar surface area (TPSA) is 58.1 Å². The summed E-state index contributed by atoms with van der Waals surface area (Å²) in [6.45, 7) is 4.28. The molecule has 1 N–H and O–H groups in total. The van der Waals surface area contributed by atoms with Gasteiger partial charge in [0.15, 0.2) is 0 Å². The molecule has 5 nitrogen and oxygen atoms in total. The van der Waals surface area contributed by atoms with Gasteiger partial charge < -0.3 is 4.90 Å². The third kappa shape index (κ3) is 2.64. The Labute approximate surface area is 142 Å². The smallest absolute Gasteiger partial charge is 0.318 e. The van der Waals surface area contributed by atoms with Crippen molar-refractivity contribution in [1.82, 2.24) is 14.9 Å². The van der Waals surface area contributed by atoms with E-state index in [0.29, 0.717) is 17.9 Å². The van der Waals surface area contributed by atoms with Gasteiger partial charge in [-0.25, -0.2) is 9.78 Å². The van der Waals surface area contributed by atoms with Crippen LogP contribution in [0.15, 0.2) is 36.7 Å². The maximum atomic E-state index is 12.6. The monoisotopic (exact) mass is 322 g/mol. The summed E-state index contributed by atoms with van der Waals surface area (Å²) in [5, 5.41) is 2.97. The second-order valence-corrected chi connectivity index (χ2v) is 7.06. The van der Waals surface area contributed by atoms with E-state index in [9.17, 15) is 4.79 Å². The molecule has 2 atom stereocenters. The number of nitrogens with zero attached hydrogens (tertiary/aromatic N) is 3. The zero-order valence-electron chi connectivity index (χ0n) is 14.1. The van der Waals surface area contributed by atoms with Gasteiger partial charge in [0.25, 0.3) is 0 Å². The molecule has 2 aliphatic heterocycles. The Morgan fingerprint density at radius 3 is 2.71 bits per heavy atom. The fraction of sp³-hybridized carbons (Fsp3) is 0.421. The number of fused-ring (bicyclic) bond motifs is 2. The number of aromatic nitrogens is 2. The maximum Gasteiger partial charge on any atom is 0.323 e. The average molecular weight is 322 g/mol. The summed E-state index contributed by atoms with van der Waals surface area (Å²) in [7, 11) is 0. The largest absolute Gasteiger partial charge is 0.323 e. The number of piperidine rings is 1. The Balaban J connectivity index is 1.52. The van der Waals surface area contributed by atoms with Crippen molar-refractivity contribution in [3.63, 3.8) is 0 Å². The molecule has 5 heteroatoms. The molecule has 2 amide bonds. The molecule has 2 aromatic rings. The molecular formula is C19H22N4O. The molecule has 0 spiro atoms. The van der Waals surface area contributed by atoms with Crippen LogP contribution < -0.4 is 5.32 Å². The Bertz CT molecular complexity index is 749. The standard InChI is InChI=1S/C19H22N4O/c1-12-7-14-9-15(8-12)23(14)19(24)22-18-10-16(13(2)11-21-18)17-5-3-4-6-20-17/h3-6,10-12,14-15H,7-9H2,1-2H3,(H,21,22,24). The zero-order chi connectivity index (χ0) is 16.7. The van der Waals surface area contributed by atoms with E-state index < -0.39 is 0 Å². The lowest BCUT2D eigenvalue weighted by molar-refractivity contribution is -0.00603. The number of aryl methyl sites for hydroxylation is 1. The first-order valence-electron chi connectivity index (χ1n) is 8.59. The van der Waals surface area contributed by atoms with Crippen LogP contribution in [0.4, 0.5) is 10.6 Å². The van der Waals surface area contributed by atoms with E-state index in [4.69, 9.17) is 0 Å². The second-order valence-electron chi connectivity index (χ2n) is 7.06. The van der Waals surface area contributed by atoms with Crippen LogP contribution in [0.5, 0.6) is 0 Å².